The summed E-state index contributed by atoms with van der Waals surface area (Å²) >= 11 is 6.78. The smallest absolute Gasteiger partial charge is 0.270 e. The molecule has 1 aromatic carbocycles. The minimum atomic E-state index is -0.0510. The van der Waals surface area contributed by atoms with Crippen LogP contribution < -0.4 is 4.90 Å². The molecule has 3 nitrogen and oxygen atoms in total. The Labute approximate surface area is 139 Å². The lowest BCUT2D eigenvalue weighted by atomic mass is 10.1. The number of amides is 1. The van der Waals surface area contributed by atoms with Gasteiger partial charge in [-0.15, -0.1) is 0 Å². The van der Waals surface area contributed by atoms with Crippen molar-refractivity contribution in [2.24, 2.45) is 7.05 Å². The number of benzene rings is 1. The van der Waals surface area contributed by atoms with Crippen molar-refractivity contribution in [3.8, 4) is 0 Å². The van der Waals surface area contributed by atoms with Crippen molar-refractivity contribution in [1.82, 2.24) is 4.57 Å². The van der Waals surface area contributed by atoms with Crippen LogP contribution in [0.1, 0.15) is 16.8 Å². The van der Waals surface area contributed by atoms with Crippen LogP contribution in [0, 0.1) is 13.8 Å². The first kappa shape index (κ1) is 15.1. The van der Waals surface area contributed by atoms with E-state index in [0.717, 1.165) is 22.5 Å². The van der Waals surface area contributed by atoms with Crippen molar-refractivity contribution in [3.63, 3.8) is 0 Å². The number of carbonyl (C=O) groups excluding carboxylic acids is 1. The molecule has 2 aromatic rings. The second kappa shape index (κ2) is 5.74. The van der Waals surface area contributed by atoms with Crippen LogP contribution >= 0.6 is 24.0 Å². The Morgan fingerprint density at radius 1 is 1.18 bits per heavy atom. The fourth-order valence-corrected chi connectivity index (χ4v) is 3.68. The highest BCUT2D eigenvalue weighted by Crippen LogP contribution is 2.37. The molecule has 2 heterocycles. The number of thioether (sulfide) groups is 1. The summed E-state index contributed by atoms with van der Waals surface area (Å²) in [5.41, 5.74) is 4.09. The summed E-state index contributed by atoms with van der Waals surface area (Å²) in [7, 11) is 1.96. The van der Waals surface area contributed by atoms with Gasteiger partial charge in [0.05, 0.1) is 10.6 Å². The van der Waals surface area contributed by atoms with Crippen molar-refractivity contribution in [2.45, 2.75) is 13.8 Å². The zero-order valence-corrected chi connectivity index (χ0v) is 14.3. The molecule has 0 atom stereocenters. The minimum Gasteiger partial charge on any atom is -0.351 e. The van der Waals surface area contributed by atoms with Gasteiger partial charge in [-0.1, -0.05) is 36.1 Å². The number of carbonyl (C=O) groups is 1. The number of anilines is 1. The van der Waals surface area contributed by atoms with Gasteiger partial charge in [0.1, 0.15) is 0 Å². The third kappa shape index (κ3) is 2.51. The Hall–Kier alpha value is -1.85. The Morgan fingerprint density at radius 3 is 2.64 bits per heavy atom. The van der Waals surface area contributed by atoms with Crippen molar-refractivity contribution in [3.05, 3.63) is 58.3 Å². The quantitative estimate of drug-likeness (QED) is 0.614. The molecule has 22 heavy (non-hydrogen) atoms. The molecular weight excluding hydrogens is 312 g/mol. The maximum atomic E-state index is 12.8. The first-order valence-electron chi connectivity index (χ1n) is 6.94. The lowest BCUT2D eigenvalue weighted by Gasteiger charge is -2.18. The zero-order chi connectivity index (χ0) is 15.9. The Balaban J connectivity index is 2.01. The van der Waals surface area contributed by atoms with E-state index in [1.807, 2.05) is 68.1 Å². The third-order valence-corrected chi connectivity index (χ3v) is 5.18. The van der Waals surface area contributed by atoms with Crippen LogP contribution in [0.3, 0.4) is 0 Å². The van der Waals surface area contributed by atoms with Crippen LogP contribution in [0.15, 0.2) is 41.4 Å². The Morgan fingerprint density at radius 2 is 1.95 bits per heavy atom. The summed E-state index contributed by atoms with van der Waals surface area (Å²) in [6.07, 6.45) is 3.85. The van der Waals surface area contributed by atoms with E-state index in [9.17, 15) is 4.79 Å². The molecule has 1 fully saturated rings. The molecule has 5 heteroatoms. The molecule has 1 aliphatic rings. The van der Waals surface area contributed by atoms with Gasteiger partial charge < -0.3 is 4.57 Å². The zero-order valence-electron chi connectivity index (χ0n) is 12.7. The molecule has 0 N–H and O–H groups in total. The molecule has 0 unspecified atom stereocenters. The number of hydrogen-bond donors (Lipinski definition) is 0. The summed E-state index contributed by atoms with van der Waals surface area (Å²) < 4.78 is 2.56. The molecule has 0 saturated carbocycles. The highest BCUT2D eigenvalue weighted by molar-refractivity contribution is 8.27. The molecular formula is C17H16N2OS2. The topological polar surface area (TPSA) is 25.2 Å². The molecule has 0 aliphatic carbocycles. The van der Waals surface area contributed by atoms with Gasteiger partial charge in [-0.3, -0.25) is 9.69 Å². The molecule has 112 valence electrons. The van der Waals surface area contributed by atoms with Crippen molar-refractivity contribution in [1.29, 1.82) is 0 Å². The van der Waals surface area contributed by atoms with Gasteiger partial charge in [-0.05, 0) is 49.2 Å². The molecule has 0 spiro atoms. The van der Waals surface area contributed by atoms with Crippen LogP contribution in [0.5, 0.6) is 0 Å². The molecule has 1 aromatic heterocycles. The second-order valence-corrected chi connectivity index (χ2v) is 6.96. The van der Waals surface area contributed by atoms with E-state index in [2.05, 4.69) is 0 Å². The van der Waals surface area contributed by atoms with Crippen LogP contribution in [0.4, 0.5) is 5.69 Å². The van der Waals surface area contributed by atoms with Gasteiger partial charge >= 0.3 is 0 Å². The number of thiocarbonyl (C=S) groups is 1. The largest absolute Gasteiger partial charge is 0.351 e. The van der Waals surface area contributed by atoms with Gasteiger partial charge in [0.25, 0.3) is 5.91 Å². The van der Waals surface area contributed by atoms with E-state index < -0.39 is 0 Å². The summed E-state index contributed by atoms with van der Waals surface area (Å²) in [4.78, 5) is 15.1. The van der Waals surface area contributed by atoms with Crippen molar-refractivity contribution < 1.29 is 4.79 Å². The first-order chi connectivity index (χ1) is 10.5. The van der Waals surface area contributed by atoms with Crippen LogP contribution in [0.25, 0.3) is 6.08 Å². The number of hydrogen-bond acceptors (Lipinski definition) is 3. The molecule has 0 bridgehead atoms. The van der Waals surface area contributed by atoms with Gasteiger partial charge in [0.2, 0.25) is 0 Å². The predicted molar refractivity (Wildman–Crippen MR) is 97.0 cm³/mol. The normalized spacial score (nSPS) is 16.9. The summed E-state index contributed by atoms with van der Waals surface area (Å²) in [6, 6.07) is 9.87. The molecule has 1 saturated heterocycles. The molecule has 1 amide bonds. The van der Waals surface area contributed by atoms with E-state index in [4.69, 9.17) is 12.2 Å². The summed E-state index contributed by atoms with van der Waals surface area (Å²) in [5, 5.41) is 0. The minimum absolute atomic E-state index is 0.0510. The van der Waals surface area contributed by atoms with Gasteiger partial charge in [0.15, 0.2) is 4.32 Å². The maximum Gasteiger partial charge on any atom is 0.270 e. The summed E-state index contributed by atoms with van der Waals surface area (Å²) in [6.45, 7) is 4.06. The van der Waals surface area contributed by atoms with Gasteiger partial charge in [0, 0.05) is 18.9 Å². The van der Waals surface area contributed by atoms with Gasteiger partial charge in [-0.25, -0.2) is 0 Å². The van der Waals surface area contributed by atoms with Crippen LogP contribution in [-0.4, -0.2) is 14.8 Å². The van der Waals surface area contributed by atoms with E-state index >= 15 is 0 Å². The number of aromatic nitrogens is 1. The van der Waals surface area contributed by atoms with E-state index in [0.29, 0.717) is 9.23 Å². The maximum absolute atomic E-state index is 12.8. The highest BCUT2D eigenvalue weighted by Gasteiger charge is 2.34. The Kier molecular flexibility index (Phi) is 3.93. The van der Waals surface area contributed by atoms with E-state index in [-0.39, 0.29) is 5.91 Å². The van der Waals surface area contributed by atoms with Gasteiger partial charge in [-0.2, -0.15) is 0 Å². The fourth-order valence-electron chi connectivity index (χ4n) is 2.41. The van der Waals surface area contributed by atoms with Crippen LogP contribution in [-0.2, 0) is 11.8 Å². The van der Waals surface area contributed by atoms with Crippen molar-refractivity contribution in [2.75, 3.05) is 4.90 Å². The molecule has 0 radical (unpaired) electrons. The highest BCUT2D eigenvalue weighted by atomic mass is 32.2. The monoisotopic (exact) mass is 328 g/mol. The third-order valence-electron chi connectivity index (χ3n) is 3.87. The second-order valence-electron chi connectivity index (χ2n) is 5.28. The van der Waals surface area contributed by atoms with E-state index in [1.54, 1.807) is 4.90 Å². The number of rotatable bonds is 2. The van der Waals surface area contributed by atoms with Crippen molar-refractivity contribution >= 4 is 46.0 Å². The first-order valence-corrected chi connectivity index (χ1v) is 8.17. The SMILES string of the molecule is Cc1cccc(N2C(=O)/C(=C\c3cccn3C)SC2=S)c1C. The number of aryl methyl sites for hydroxylation is 2. The van der Waals surface area contributed by atoms with E-state index in [1.165, 1.54) is 11.8 Å². The summed E-state index contributed by atoms with van der Waals surface area (Å²) in [5.74, 6) is -0.0510. The van der Waals surface area contributed by atoms with Crippen LogP contribution in [0.2, 0.25) is 0 Å². The standard InChI is InChI=1S/C17H16N2OS2/c1-11-6-4-8-14(12(11)2)19-16(20)15(22-17(19)21)10-13-7-5-9-18(13)3/h4-10H,1-3H3/b15-10+. The molecule has 3 rings (SSSR count). The predicted octanol–water partition coefficient (Wildman–Crippen LogP) is 4.05. The fraction of sp³-hybridized carbons (Fsp3) is 0.176. The lowest BCUT2D eigenvalue weighted by molar-refractivity contribution is -0.113. The number of nitrogens with zero attached hydrogens (tertiary/aromatic N) is 2. The average molecular weight is 328 g/mol. The average Bonchev–Trinajstić information content (AvgIpc) is 2.99. The lowest BCUT2D eigenvalue weighted by Crippen LogP contribution is -2.28. The molecule has 1 aliphatic heterocycles. The Bertz CT molecular complexity index is 805.